The molecule has 1 aliphatic rings. The van der Waals surface area contributed by atoms with Crippen LogP contribution in [-0.4, -0.2) is 11.4 Å². The molecule has 88 valence electrons. The van der Waals surface area contributed by atoms with E-state index in [4.69, 9.17) is 23.2 Å². The van der Waals surface area contributed by atoms with Crippen molar-refractivity contribution >= 4 is 23.2 Å². The third kappa shape index (κ3) is 2.22. The zero-order valence-corrected chi connectivity index (χ0v) is 11.1. The summed E-state index contributed by atoms with van der Waals surface area (Å²) in [6.45, 7) is 5.23. The largest absolute Gasteiger partial charge is 0.309 e. The van der Waals surface area contributed by atoms with Crippen molar-refractivity contribution in [3.8, 4) is 0 Å². The lowest BCUT2D eigenvalue weighted by atomic mass is 9.67. The van der Waals surface area contributed by atoms with Gasteiger partial charge in [-0.25, -0.2) is 0 Å². The SMILES string of the molecule is CC1(C)C(Cl)CC1NCc1ccccc1Cl. The Kier molecular flexibility index (Phi) is 3.48. The van der Waals surface area contributed by atoms with Crippen molar-refractivity contribution in [2.45, 2.75) is 38.2 Å². The molecule has 0 bridgehead atoms. The zero-order chi connectivity index (χ0) is 11.8. The van der Waals surface area contributed by atoms with Crippen molar-refractivity contribution < 1.29 is 0 Å². The Bertz CT molecular complexity index is 376. The third-order valence-electron chi connectivity index (χ3n) is 3.64. The smallest absolute Gasteiger partial charge is 0.0450 e. The van der Waals surface area contributed by atoms with Crippen LogP contribution < -0.4 is 5.32 Å². The molecule has 1 aromatic carbocycles. The van der Waals surface area contributed by atoms with Gasteiger partial charge in [0.05, 0.1) is 0 Å². The zero-order valence-electron chi connectivity index (χ0n) is 9.63. The van der Waals surface area contributed by atoms with Crippen LogP contribution in [0.3, 0.4) is 0 Å². The van der Waals surface area contributed by atoms with Gasteiger partial charge in [0.25, 0.3) is 0 Å². The van der Waals surface area contributed by atoms with Crippen molar-refractivity contribution in [3.05, 3.63) is 34.9 Å². The lowest BCUT2D eigenvalue weighted by Crippen LogP contribution is -2.57. The molecule has 1 nitrogen and oxygen atoms in total. The third-order valence-corrected chi connectivity index (χ3v) is 4.75. The van der Waals surface area contributed by atoms with E-state index in [0.717, 1.165) is 23.6 Å². The number of halogens is 2. The molecular formula is C13H17Cl2N. The van der Waals surface area contributed by atoms with Crippen LogP contribution in [0.15, 0.2) is 24.3 Å². The second-order valence-corrected chi connectivity index (χ2v) is 5.98. The number of nitrogens with one attached hydrogen (secondary N) is 1. The van der Waals surface area contributed by atoms with E-state index < -0.39 is 0 Å². The van der Waals surface area contributed by atoms with Crippen LogP contribution >= 0.6 is 23.2 Å². The first kappa shape index (κ1) is 12.2. The Morgan fingerprint density at radius 1 is 1.38 bits per heavy atom. The van der Waals surface area contributed by atoms with Gasteiger partial charge in [-0.1, -0.05) is 43.6 Å². The average molecular weight is 258 g/mol. The summed E-state index contributed by atoms with van der Waals surface area (Å²) in [6, 6.07) is 8.44. The highest BCUT2D eigenvalue weighted by molar-refractivity contribution is 6.31. The first-order chi connectivity index (χ1) is 7.51. The number of rotatable bonds is 3. The molecule has 0 aliphatic heterocycles. The number of hydrogen-bond acceptors (Lipinski definition) is 1. The van der Waals surface area contributed by atoms with Crippen LogP contribution in [0, 0.1) is 5.41 Å². The van der Waals surface area contributed by atoms with Crippen molar-refractivity contribution in [1.29, 1.82) is 0 Å². The highest BCUT2D eigenvalue weighted by Gasteiger charge is 2.46. The fourth-order valence-electron chi connectivity index (χ4n) is 2.09. The Morgan fingerprint density at radius 3 is 2.62 bits per heavy atom. The van der Waals surface area contributed by atoms with Crippen molar-refractivity contribution in [2.24, 2.45) is 5.41 Å². The molecular weight excluding hydrogens is 241 g/mol. The fourth-order valence-corrected chi connectivity index (χ4v) is 2.63. The predicted molar refractivity (Wildman–Crippen MR) is 70.1 cm³/mol. The van der Waals surface area contributed by atoms with Crippen molar-refractivity contribution in [2.75, 3.05) is 0 Å². The van der Waals surface area contributed by atoms with Crippen LogP contribution in [-0.2, 0) is 6.54 Å². The van der Waals surface area contributed by atoms with Gasteiger partial charge >= 0.3 is 0 Å². The molecule has 16 heavy (non-hydrogen) atoms. The van der Waals surface area contributed by atoms with Gasteiger partial charge in [0.1, 0.15) is 0 Å². The summed E-state index contributed by atoms with van der Waals surface area (Å²) in [5.74, 6) is 0. The fraction of sp³-hybridized carbons (Fsp3) is 0.538. The van der Waals surface area contributed by atoms with Gasteiger partial charge in [-0.05, 0) is 23.5 Å². The normalized spacial score (nSPS) is 27.5. The Hall–Kier alpha value is -0.240. The van der Waals surface area contributed by atoms with E-state index in [2.05, 4.69) is 25.2 Å². The minimum atomic E-state index is 0.183. The minimum absolute atomic E-state index is 0.183. The topological polar surface area (TPSA) is 12.0 Å². The van der Waals surface area contributed by atoms with E-state index in [1.165, 1.54) is 0 Å². The summed E-state index contributed by atoms with van der Waals surface area (Å²) >= 11 is 12.3. The standard InChI is InChI=1S/C13H17Cl2N/c1-13(2)11(15)7-12(13)16-8-9-5-3-4-6-10(9)14/h3-6,11-12,16H,7-8H2,1-2H3. The first-order valence-electron chi connectivity index (χ1n) is 5.62. The highest BCUT2D eigenvalue weighted by atomic mass is 35.5. The van der Waals surface area contributed by atoms with Crippen LogP contribution in [0.4, 0.5) is 0 Å². The molecule has 1 fully saturated rings. The van der Waals surface area contributed by atoms with E-state index in [1.54, 1.807) is 0 Å². The van der Waals surface area contributed by atoms with E-state index in [0.29, 0.717) is 6.04 Å². The summed E-state index contributed by atoms with van der Waals surface area (Å²) < 4.78 is 0. The number of benzene rings is 1. The molecule has 3 heteroatoms. The maximum atomic E-state index is 6.18. The molecule has 0 aromatic heterocycles. The molecule has 0 heterocycles. The van der Waals surface area contributed by atoms with Gasteiger partial charge in [0, 0.05) is 23.0 Å². The molecule has 1 aliphatic carbocycles. The number of alkyl halides is 1. The molecule has 0 saturated heterocycles. The highest BCUT2D eigenvalue weighted by Crippen LogP contribution is 2.44. The van der Waals surface area contributed by atoms with Crippen LogP contribution in [0.5, 0.6) is 0 Å². The minimum Gasteiger partial charge on any atom is -0.309 e. The summed E-state index contributed by atoms with van der Waals surface area (Å²) in [5, 5.41) is 4.64. The second kappa shape index (κ2) is 4.56. The lowest BCUT2D eigenvalue weighted by Gasteiger charge is -2.49. The second-order valence-electron chi connectivity index (χ2n) is 5.05. The lowest BCUT2D eigenvalue weighted by molar-refractivity contribution is 0.115. The summed E-state index contributed by atoms with van der Waals surface area (Å²) in [4.78, 5) is 0. The molecule has 1 aromatic rings. The van der Waals surface area contributed by atoms with Gasteiger partial charge in [0.2, 0.25) is 0 Å². The Morgan fingerprint density at radius 2 is 2.06 bits per heavy atom. The summed E-state index contributed by atoms with van der Waals surface area (Å²) in [5.41, 5.74) is 1.33. The first-order valence-corrected chi connectivity index (χ1v) is 6.44. The summed E-state index contributed by atoms with van der Waals surface area (Å²) in [6.07, 6.45) is 1.04. The molecule has 1 N–H and O–H groups in total. The van der Waals surface area contributed by atoms with E-state index in [9.17, 15) is 0 Å². The van der Waals surface area contributed by atoms with E-state index in [1.807, 2.05) is 18.2 Å². The molecule has 2 atom stereocenters. The quantitative estimate of drug-likeness (QED) is 0.812. The summed E-state index contributed by atoms with van der Waals surface area (Å²) in [7, 11) is 0. The maximum Gasteiger partial charge on any atom is 0.0450 e. The van der Waals surface area contributed by atoms with Crippen LogP contribution in [0.1, 0.15) is 25.8 Å². The van der Waals surface area contributed by atoms with Gasteiger partial charge in [-0.2, -0.15) is 0 Å². The molecule has 1 saturated carbocycles. The molecule has 0 radical (unpaired) electrons. The van der Waals surface area contributed by atoms with Gasteiger partial charge in [-0.3, -0.25) is 0 Å². The van der Waals surface area contributed by atoms with Gasteiger partial charge in [0.15, 0.2) is 0 Å². The Labute approximate surface area is 107 Å². The van der Waals surface area contributed by atoms with Crippen molar-refractivity contribution in [3.63, 3.8) is 0 Å². The van der Waals surface area contributed by atoms with Crippen LogP contribution in [0.2, 0.25) is 5.02 Å². The van der Waals surface area contributed by atoms with E-state index in [-0.39, 0.29) is 10.8 Å². The monoisotopic (exact) mass is 257 g/mol. The molecule has 0 spiro atoms. The Balaban J connectivity index is 1.92. The van der Waals surface area contributed by atoms with Gasteiger partial charge in [-0.15, -0.1) is 11.6 Å². The molecule has 0 amide bonds. The predicted octanol–water partition coefficient (Wildman–Crippen LogP) is 3.84. The average Bonchev–Trinajstić information content (AvgIpc) is 2.26. The van der Waals surface area contributed by atoms with Crippen LogP contribution in [0.25, 0.3) is 0 Å². The van der Waals surface area contributed by atoms with Gasteiger partial charge < -0.3 is 5.32 Å². The molecule has 2 rings (SSSR count). The maximum absolute atomic E-state index is 6.18. The number of hydrogen-bond donors (Lipinski definition) is 1. The van der Waals surface area contributed by atoms with E-state index >= 15 is 0 Å². The van der Waals surface area contributed by atoms with Crippen molar-refractivity contribution in [1.82, 2.24) is 5.32 Å². The molecule has 2 unspecified atom stereocenters.